The largest absolute Gasteiger partial charge is 0.507 e. The number of fused-ring (bicyclic) bond motifs is 1. The minimum atomic E-state index is -5.31. The van der Waals surface area contributed by atoms with Crippen LogP contribution in [-0.2, 0) is 19.0 Å². The molecule has 0 saturated heterocycles. The number of pyridine rings is 3. The Morgan fingerprint density at radius 2 is 1.65 bits per heavy atom. The molecule has 0 radical (unpaired) electrons. The van der Waals surface area contributed by atoms with Gasteiger partial charge in [0.15, 0.2) is 11.5 Å². The normalized spacial score (nSPS) is 11.7. The Morgan fingerprint density at radius 1 is 1.03 bits per heavy atom. The maximum absolute atomic E-state index is 14.9. The van der Waals surface area contributed by atoms with E-state index in [2.05, 4.69) is 4.98 Å². The minimum absolute atomic E-state index is 0.168. The standard InChI is InChI=1S/C24H18F4N4O5/c1-3-12-10-29-11-13(4-2)20(12)31-19(34)9-17(33)14-8-18(24(26,27)28)30(23(35)21(14)31)22-15(25)6-5-7-16(22)32(36)37/h5-11,33H,3-4H2,1-2H3. The van der Waals surface area contributed by atoms with Crippen LogP contribution in [-0.4, -0.2) is 24.1 Å². The first-order valence-electron chi connectivity index (χ1n) is 10.9. The maximum atomic E-state index is 14.9. The highest BCUT2D eigenvalue weighted by molar-refractivity contribution is 5.87. The lowest BCUT2D eigenvalue weighted by Crippen LogP contribution is -2.33. The number of para-hydroxylation sites is 1. The molecular weight excluding hydrogens is 500 g/mol. The summed E-state index contributed by atoms with van der Waals surface area (Å²) in [5.74, 6) is -2.39. The second kappa shape index (κ2) is 9.15. The van der Waals surface area contributed by atoms with Crippen LogP contribution in [0.4, 0.5) is 23.2 Å². The Hall–Kier alpha value is -4.55. The number of hydrogen-bond donors (Lipinski definition) is 1. The topological polar surface area (TPSA) is 120 Å². The number of nitro groups is 1. The number of aromatic nitrogens is 3. The van der Waals surface area contributed by atoms with Gasteiger partial charge in [-0.1, -0.05) is 19.9 Å². The molecular formula is C24H18F4N4O5. The Balaban J connectivity index is 2.35. The molecule has 37 heavy (non-hydrogen) atoms. The monoisotopic (exact) mass is 518 g/mol. The number of aromatic hydroxyl groups is 1. The molecule has 1 aromatic carbocycles. The van der Waals surface area contributed by atoms with E-state index in [0.717, 1.165) is 16.7 Å². The van der Waals surface area contributed by atoms with Crippen molar-refractivity contribution in [3.8, 4) is 17.1 Å². The molecule has 0 aliphatic rings. The lowest BCUT2D eigenvalue weighted by molar-refractivity contribution is -0.384. The minimum Gasteiger partial charge on any atom is -0.507 e. The van der Waals surface area contributed by atoms with Gasteiger partial charge in [0.05, 0.1) is 10.6 Å². The summed E-state index contributed by atoms with van der Waals surface area (Å²) in [6, 6.07) is 3.35. The summed E-state index contributed by atoms with van der Waals surface area (Å²) in [5.41, 5.74) is -6.29. The number of nitrogens with zero attached hydrogens (tertiary/aromatic N) is 4. The van der Waals surface area contributed by atoms with Crippen LogP contribution < -0.4 is 11.1 Å². The summed E-state index contributed by atoms with van der Waals surface area (Å²) in [4.78, 5) is 41.5. The Kier molecular flexibility index (Phi) is 6.32. The first kappa shape index (κ1) is 25.5. The average molecular weight is 518 g/mol. The molecule has 4 aromatic rings. The quantitative estimate of drug-likeness (QED) is 0.237. The third-order valence-electron chi connectivity index (χ3n) is 5.89. The molecule has 9 nitrogen and oxygen atoms in total. The number of hydrogen-bond acceptors (Lipinski definition) is 6. The van der Waals surface area contributed by atoms with E-state index in [1.54, 1.807) is 13.8 Å². The van der Waals surface area contributed by atoms with Gasteiger partial charge in [0.25, 0.3) is 16.8 Å². The zero-order valence-corrected chi connectivity index (χ0v) is 19.3. The first-order valence-corrected chi connectivity index (χ1v) is 10.9. The van der Waals surface area contributed by atoms with Gasteiger partial charge in [0.1, 0.15) is 17.0 Å². The molecule has 1 N–H and O–H groups in total. The van der Waals surface area contributed by atoms with E-state index in [0.29, 0.717) is 42.2 Å². The Labute approximate surface area is 205 Å². The zero-order chi connectivity index (χ0) is 27.2. The fourth-order valence-electron chi connectivity index (χ4n) is 4.26. The van der Waals surface area contributed by atoms with Crippen molar-refractivity contribution >= 4 is 16.6 Å². The molecule has 0 unspecified atom stereocenters. The summed E-state index contributed by atoms with van der Waals surface area (Å²) in [7, 11) is 0. The van der Waals surface area contributed by atoms with E-state index < -0.39 is 61.8 Å². The molecule has 3 aromatic heterocycles. The SMILES string of the molecule is CCc1cncc(CC)c1-n1c(=O)cc(O)c2cc(C(F)(F)F)n(-c3c(F)cccc3[N+](=O)[O-])c(=O)c21. The summed E-state index contributed by atoms with van der Waals surface area (Å²) in [5, 5.41) is 21.4. The molecule has 3 heterocycles. The molecule has 0 atom stereocenters. The van der Waals surface area contributed by atoms with E-state index >= 15 is 0 Å². The number of halogens is 4. The number of nitro benzene ring substituents is 1. The van der Waals surface area contributed by atoms with Gasteiger partial charge in [-0.2, -0.15) is 13.2 Å². The van der Waals surface area contributed by atoms with Crippen molar-refractivity contribution in [2.75, 3.05) is 0 Å². The van der Waals surface area contributed by atoms with Gasteiger partial charge in [0, 0.05) is 29.9 Å². The van der Waals surface area contributed by atoms with Gasteiger partial charge in [-0.3, -0.25) is 33.8 Å². The fourth-order valence-corrected chi connectivity index (χ4v) is 4.26. The molecule has 0 spiro atoms. The highest BCUT2D eigenvalue weighted by atomic mass is 19.4. The number of aryl methyl sites for hydroxylation is 2. The van der Waals surface area contributed by atoms with Gasteiger partial charge in [-0.05, 0) is 36.1 Å². The molecule has 0 bridgehead atoms. The van der Waals surface area contributed by atoms with Crippen molar-refractivity contribution in [1.29, 1.82) is 0 Å². The van der Waals surface area contributed by atoms with Gasteiger partial charge in [0.2, 0.25) is 0 Å². The van der Waals surface area contributed by atoms with E-state index in [4.69, 9.17) is 0 Å². The summed E-state index contributed by atoms with van der Waals surface area (Å²) in [6.45, 7) is 3.46. The zero-order valence-electron chi connectivity index (χ0n) is 19.3. The first-order chi connectivity index (χ1) is 17.4. The summed E-state index contributed by atoms with van der Waals surface area (Å²) >= 11 is 0. The second-order valence-corrected chi connectivity index (χ2v) is 8.01. The van der Waals surface area contributed by atoms with Crippen molar-refractivity contribution in [2.45, 2.75) is 32.9 Å². The third-order valence-corrected chi connectivity index (χ3v) is 5.89. The van der Waals surface area contributed by atoms with Crippen molar-refractivity contribution in [3.63, 3.8) is 0 Å². The van der Waals surface area contributed by atoms with Crippen LogP contribution in [0.15, 0.2) is 52.3 Å². The highest BCUT2D eigenvalue weighted by Crippen LogP contribution is 2.37. The van der Waals surface area contributed by atoms with Crippen LogP contribution >= 0.6 is 0 Å². The van der Waals surface area contributed by atoms with Gasteiger partial charge in [-0.25, -0.2) is 4.39 Å². The predicted molar refractivity (Wildman–Crippen MR) is 125 cm³/mol. The van der Waals surface area contributed by atoms with Crippen LogP contribution in [0, 0.1) is 15.9 Å². The van der Waals surface area contributed by atoms with Gasteiger partial charge >= 0.3 is 6.18 Å². The van der Waals surface area contributed by atoms with E-state index in [9.17, 15) is 42.4 Å². The van der Waals surface area contributed by atoms with E-state index in [1.807, 2.05) is 0 Å². The molecule has 0 aliphatic carbocycles. The molecule has 192 valence electrons. The Bertz CT molecular complexity index is 1670. The molecule has 0 saturated carbocycles. The molecule has 0 aliphatic heterocycles. The molecule has 0 amide bonds. The van der Waals surface area contributed by atoms with Crippen molar-refractivity contribution in [1.82, 2.24) is 14.1 Å². The number of rotatable bonds is 5. The van der Waals surface area contributed by atoms with Crippen molar-refractivity contribution < 1.29 is 27.6 Å². The Morgan fingerprint density at radius 3 is 2.19 bits per heavy atom. The van der Waals surface area contributed by atoms with Crippen molar-refractivity contribution in [2.24, 2.45) is 0 Å². The highest BCUT2D eigenvalue weighted by Gasteiger charge is 2.39. The van der Waals surface area contributed by atoms with Crippen LogP contribution in [0.2, 0.25) is 0 Å². The van der Waals surface area contributed by atoms with Gasteiger partial charge < -0.3 is 5.11 Å². The smallest absolute Gasteiger partial charge is 0.431 e. The van der Waals surface area contributed by atoms with Crippen LogP contribution in [0.5, 0.6) is 5.75 Å². The van der Waals surface area contributed by atoms with E-state index in [1.165, 1.54) is 12.4 Å². The average Bonchev–Trinajstić information content (AvgIpc) is 2.83. The number of alkyl halides is 3. The molecule has 0 fully saturated rings. The second-order valence-electron chi connectivity index (χ2n) is 8.01. The van der Waals surface area contributed by atoms with Crippen LogP contribution in [0.3, 0.4) is 0 Å². The molecule has 13 heteroatoms. The predicted octanol–water partition coefficient (Wildman–Crippen LogP) is 4.43. The number of benzene rings is 1. The lowest BCUT2D eigenvalue weighted by atomic mass is 10.1. The van der Waals surface area contributed by atoms with Crippen LogP contribution in [0.1, 0.15) is 30.7 Å². The lowest BCUT2D eigenvalue weighted by Gasteiger charge is -2.21. The third kappa shape index (κ3) is 4.11. The fraction of sp³-hybridized carbons (Fsp3) is 0.208. The maximum Gasteiger partial charge on any atom is 0.431 e. The van der Waals surface area contributed by atoms with E-state index in [-0.39, 0.29) is 10.3 Å². The molecule has 4 rings (SSSR count). The summed E-state index contributed by atoms with van der Waals surface area (Å²) in [6.07, 6.45) is -1.83. The summed E-state index contributed by atoms with van der Waals surface area (Å²) < 4.78 is 58.1. The van der Waals surface area contributed by atoms with Crippen LogP contribution in [0.25, 0.3) is 22.3 Å². The van der Waals surface area contributed by atoms with Crippen molar-refractivity contribution in [3.05, 3.63) is 96.2 Å². The van der Waals surface area contributed by atoms with Gasteiger partial charge in [-0.15, -0.1) is 0 Å².